The van der Waals surface area contributed by atoms with Crippen LogP contribution in [-0.2, 0) is 4.74 Å². The Labute approximate surface area is 121 Å². The van der Waals surface area contributed by atoms with Crippen molar-refractivity contribution in [3.63, 3.8) is 0 Å². The van der Waals surface area contributed by atoms with E-state index in [1.807, 2.05) is 23.1 Å². The second-order valence-corrected chi connectivity index (χ2v) is 5.33. The van der Waals surface area contributed by atoms with Gasteiger partial charge in [-0.05, 0) is 19.1 Å². The molecule has 100 valence electrons. The van der Waals surface area contributed by atoms with E-state index in [0.29, 0.717) is 23.3 Å². The Bertz CT molecular complexity index is 545. The van der Waals surface area contributed by atoms with E-state index in [4.69, 9.17) is 16.3 Å². The highest BCUT2D eigenvalue weighted by Gasteiger charge is 2.26. The summed E-state index contributed by atoms with van der Waals surface area (Å²) in [5.41, 5.74) is 0.804. The molecule has 1 aliphatic rings. The van der Waals surface area contributed by atoms with E-state index in [2.05, 4.69) is 11.6 Å². The van der Waals surface area contributed by atoms with Crippen LogP contribution < -0.4 is 4.90 Å². The van der Waals surface area contributed by atoms with Crippen LogP contribution in [-0.4, -0.2) is 24.4 Å². The average molecular weight is 297 g/mol. The molecule has 0 unspecified atom stereocenters. The molecule has 0 aliphatic carbocycles. The maximum Gasteiger partial charge on any atom is 0.436 e. The fourth-order valence-electron chi connectivity index (χ4n) is 1.64. The lowest BCUT2D eigenvalue weighted by Crippen LogP contribution is -2.24. The first-order valence-electron chi connectivity index (χ1n) is 5.75. The number of thioether (sulfide) groups is 1. The summed E-state index contributed by atoms with van der Waals surface area (Å²) in [7, 11) is 0. The molecule has 1 aliphatic heterocycles. The Morgan fingerprint density at radius 3 is 3.00 bits per heavy atom. The standard InChI is InChI=1S/C13H13ClN2O2S/c1-3-18-13(17)15-12-16(8-9(2)19-12)11-7-5-4-6-10(11)14/h4-7H,2-3,8H2,1H3. The normalized spacial score (nSPS) is 17.1. The van der Waals surface area contributed by atoms with Crippen molar-refractivity contribution < 1.29 is 9.53 Å². The quantitative estimate of drug-likeness (QED) is 0.829. The van der Waals surface area contributed by atoms with Gasteiger partial charge in [-0.2, -0.15) is 4.99 Å². The molecule has 2 rings (SSSR count). The number of carbonyl (C=O) groups excluding carboxylic acids is 1. The molecular weight excluding hydrogens is 284 g/mol. The molecule has 0 aromatic heterocycles. The molecule has 1 saturated heterocycles. The lowest BCUT2D eigenvalue weighted by molar-refractivity contribution is 0.163. The topological polar surface area (TPSA) is 41.9 Å². The molecule has 0 N–H and O–H groups in total. The first-order valence-corrected chi connectivity index (χ1v) is 6.94. The van der Waals surface area contributed by atoms with Gasteiger partial charge in [0.2, 0.25) is 0 Å². The van der Waals surface area contributed by atoms with E-state index in [-0.39, 0.29) is 0 Å². The number of hydrogen-bond acceptors (Lipinski definition) is 3. The van der Waals surface area contributed by atoms with Crippen molar-refractivity contribution in [2.45, 2.75) is 6.92 Å². The molecular formula is C13H13ClN2O2S. The van der Waals surface area contributed by atoms with E-state index in [1.54, 1.807) is 13.0 Å². The molecule has 0 spiro atoms. The zero-order valence-electron chi connectivity index (χ0n) is 10.4. The summed E-state index contributed by atoms with van der Waals surface area (Å²) < 4.78 is 4.82. The summed E-state index contributed by atoms with van der Waals surface area (Å²) in [6.45, 7) is 6.52. The van der Waals surface area contributed by atoms with E-state index in [0.717, 1.165) is 10.6 Å². The molecule has 6 heteroatoms. The van der Waals surface area contributed by atoms with Crippen molar-refractivity contribution in [1.82, 2.24) is 0 Å². The van der Waals surface area contributed by atoms with Gasteiger partial charge in [0, 0.05) is 4.91 Å². The van der Waals surface area contributed by atoms with Crippen molar-refractivity contribution in [2.24, 2.45) is 4.99 Å². The fourth-order valence-corrected chi connectivity index (χ4v) is 2.72. The van der Waals surface area contributed by atoms with E-state index >= 15 is 0 Å². The third-order valence-corrected chi connectivity index (χ3v) is 3.63. The average Bonchev–Trinajstić information content (AvgIpc) is 2.71. The summed E-state index contributed by atoms with van der Waals surface area (Å²) in [6.07, 6.45) is -0.600. The van der Waals surface area contributed by atoms with Gasteiger partial charge in [0.15, 0.2) is 5.17 Å². The van der Waals surface area contributed by atoms with Gasteiger partial charge in [0.05, 0.1) is 23.9 Å². The highest BCUT2D eigenvalue weighted by Crippen LogP contribution is 2.35. The third-order valence-electron chi connectivity index (χ3n) is 2.40. The molecule has 1 fully saturated rings. The fraction of sp³-hybridized carbons (Fsp3) is 0.231. The maximum absolute atomic E-state index is 11.5. The van der Waals surface area contributed by atoms with Crippen LogP contribution >= 0.6 is 23.4 Å². The van der Waals surface area contributed by atoms with Gasteiger partial charge >= 0.3 is 6.09 Å². The number of amides is 1. The van der Waals surface area contributed by atoms with E-state index in [1.165, 1.54) is 11.8 Å². The minimum atomic E-state index is -0.600. The Morgan fingerprint density at radius 1 is 1.58 bits per heavy atom. The second kappa shape index (κ2) is 6.12. The number of ether oxygens (including phenoxy) is 1. The summed E-state index contributed by atoms with van der Waals surface area (Å²) in [5.74, 6) is 0. The van der Waals surface area contributed by atoms with E-state index in [9.17, 15) is 4.79 Å². The summed E-state index contributed by atoms with van der Waals surface area (Å²) in [5, 5.41) is 1.14. The van der Waals surface area contributed by atoms with Gasteiger partial charge in [-0.3, -0.25) is 0 Å². The van der Waals surface area contributed by atoms with Crippen LogP contribution in [0.1, 0.15) is 6.92 Å². The second-order valence-electron chi connectivity index (χ2n) is 3.77. The Balaban J connectivity index is 2.30. The van der Waals surface area contributed by atoms with Gasteiger partial charge in [0.1, 0.15) is 0 Å². The summed E-state index contributed by atoms with van der Waals surface area (Å²) in [4.78, 5) is 18.2. The molecule has 0 saturated carbocycles. The molecule has 4 nitrogen and oxygen atoms in total. The van der Waals surface area contributed by atoms with Crippen LogP contribution in [0.4, 0.5) is 10.5 Å². The van der Waals surface area contributed by atoms with Crippen molar-refractivity contribution in [3.8, 4) is 0 Å². The highest BCUT2D eigenvalue weighted by atomic mass is 35.5. The number of benzene rings is 1. The minimum absolute atomic E-state index is 0.299. The number of anilines is 1. The smallest absolute Gasteiger partial charge is 0.436 e. The van der Waals surface area contributed by atoms with Gasteiger partial charge in [-0.1, -0.05) is 42.1 Å². The zero-order valence-corrected chi connectivity index (χ0v) is 12.0. The van der Waals surface area contributed by atoms with Crippen LogP contribution in [0.3, 0.4) is 0 Å². The van der Waals surface area contributed by atoms with Gasteiger partial charge in [-0.25, -0.2) is 4.79 Å². The number of halogens is 1. The maximum atomic E-state index is 11.5. The number of carbonyl (C=O) groups is 1. The molecule has 19 heavy (non-hydrogen) atoms. The van der Waals surface area contributed by atoms with Gasteiger partial charge in [0.25, 0.3) is 0 Å². The number of nitrogens with zero attached hydrogens (tertiary/aromatic N) is 2. The van der Waals surface area contributed by atoms with Crippen LogP contribution in [0.5, 0.6) is 0 Å². The van der Waals surface area contributed by atoms with Gasteiger partial charge < -0.3 is 9.64 Å². The Morgan fingerprint density at radius 2 is 2.32 bits per heavy atom. The summed E-state index contributed by atoms with van der Waals surface area (Å²) in [6, 6.07) is 7.41. The Hall–Kier alpha value is -1.46. The van der Waals surface area contributed by atoms with Crippen molar-refractivity contribution in [2.75, 3.05) is 18.1 Å². The monoisotopic (exact) mass is 296 g/mol. The molecule has 1 heterocycles. The van der Waals surface area contributed by atoms with Crippen LogP contribution in [0.15, 0.2) is 40.7 Å². The molecule has 0 bridgehead atoms. The Kier molecular flexibility index (Phi) is 4.50. The largest absolute Gasteiger partial charge is 0.448 e. The van der Waals surface area contributed by atoms with Crippen molar-refractivity contribution in [3.05, 3.63) is 40.8 Å². The molecule has 0 atom stereocenters. The molecule has 1 aromatic rings. The highest BCUT2D eigenvalue weighted by molar-refractivity contribution is 8.18. The molecule has 1 aromatic carbocycles. The van der Waals surface area contributed by atoms with Crippen molar-refractivity contribution in [1.29, 1.82) is 0 Å². The molecule has 1 amide bonds. The van der Waals surface area contributed by atoms with E-state index < -0.39 is 6.09 Å². The van der Waals surface area contributed by atoms with Crippen molar-refractivity contribution >= 4 is 40.3 Å². The zero-order chi connectivity index (χ0) is 13.8. The van der Waals surface area contributed by atoms with Crippen LogP contribution in [0.2, 0.25) is 5.02 Å². The molecule has 0 radical (unpaired) electrons. The minimum Gasteiger partial charge on any atom is -0.448 e. The lowest BCUT2D eigenvalue weighted by atomic mass is 10.3. The lowest BCUT2D eigenvalue weighted by Gasteiger charge is -2.18. The van der Waals surface area contributed by atoms with Crippen LogP contribution in [0.25, 0.3) is 0 Å². The number of rotatable bonds is 2. The first-order chi connectivity index (χ1) is 9.11. The predicted molar refractivity (Wildman–Crippen MR) is 80.0 cm³/mol. The number of para-hydroxylation sites is 1. The van der Waals surface area contributed by atoms with Crippen LogP contribution in [0, 0.1) is 0 Å². The number of hydrogen-bond donors (Lipinski definition) is 0. The summed E-state index contributed by atoms with van der Waals surface area (Å²) >= 11 is 7.52. The predicted octanol–water partition coefficient (Wildman–Crippen LogP) is 3.92. The van der Waals surface area contributed by atoms with Gasteiger partial charge in [-0.15, -0.1) is 0 Å². The number of aliphatic imine (C=N–C) groups is 1. The third kappa shape index (κ3) is 3.30. The number of amidine groups is 1. The SMILES string of the molecule is C=C1CN(c2ccccc2Cl)C(=NC(=O)OCC)S1. The first kappa shape index (κ1) is 14.0.